The predicted octanol–water partition coefficient (Wildman–Crippen LogP) is 0.957. The SMILES string of the molecule is COC(=O)[C@H](C)N1CCN(CC(=O)N(C)C2CCCCC2)CC1. The highest BCUT2D eigenvalue weighted by Gasteiger charge is 2.28. The highest BCUT2D eigenvalue weighted by molar-refractivity contribution is 5.78. The number of esters is 1. The summed E-state index contributed by atoms with van der Waals surface area (Å²) < 4.78 is 4.80. The summed E-state index contributed by atoms with van der Waals surface area (Å²) in [5.74, 6) is 0.0397. The highest BCUT2D eigenvalue weighted by Crippen LogP contribution is 2.21. The van der Waals surface area contributed by atoms with Gasteiger partial charge in [-0.2, -0.15) is 0 Å². The largest absolute Gasteiger partial charge is 0.468 e. The van der Waals surface area contributed by atoms with Gasteiger partial charge in [0.05, 0.1) is 13.7 Å². The zero-order valence-electron chi connectivity index (χ0n) is 14.8. The molecule has 6 nitrogen and oxygen atoms in total. The van der Waals surface area contributed by atoms with Gasteiger partial charge in [-0.15, -0.1) is 0 Å². The maximum absolute atomic E-state index is 12.5. The van der Waals surface area contributed by atoms with Crippen molar-refractivity contribution >= 4 is 11.9 Å². The molecule has 23 heavy (non-hydrogen) atoms. The topological polar surface area (TPSA) is 53.1 Å². The monoisotopic (exact) mass is 325 g/mol. The average molecular weight is 325 g/mol. The molecule has 0 bridgehead atoms. The summed E-state index contributed by atoms with van der Waals surface area (Å²) in [5.41, 5.74) is 0. The fourth-order valence-electron chi connectivity index (χ4n) is 3.60. The summed E-state index contributed by atoms with van der Waals surface area (Å²) in [6, 6.07) is 0.222. The van der Waals surface area contributed by atoms with E-state index in [-0.39, 0.29) is 17.9 Å². The molecule has 0 aromatic heterocycles. The maximum Gasteiger partial charge on any atom is 0.322 e. The molecule has 0 N–H and O–H groups in total. The van der Waals surface area contributed by atoms with E-state index < -0.39 is 0 Å². The molecule has 1 saturated heterocycles. The molecule has 0 unspecified atom stereocenters. The van der Waals surface area contributed by atoms with Gasteiger partial charge >= 0.3 is 5.97 Å². The summed E-state index contributed by atoms with van der Waals surface area (Å²) in [7, 11) is 3.38. The molecule has 0 aromatic rings. The minimum atomic E-state index is -0.206. The molecule has 6 heteroatoms. The quantitative estimate of drug-likeness (QED) is 0.705. The molecular formula is C17H31N3O3. The zero-order valence-corrected chi connectivity index (χ0v) is 14.8. The smallest absolute Gasteiger partial charge is 0.322 e. The lowest BCUT2D eigenvalue weighted by Crippen LogP contribution is -2.54. The Morgan fingerprint density at radius 1 is 1.13 bits per heavy atom. The molecule has 0 radical (unpaired) electrons. The maximum atomic E-state index is 12.5. The summed E-state index contributed by atoms with van der Waals surface area (Å²) in [6.45, 7) is 5.63. The third-order valence-electron chi connectivity index (χ3n) is 5.37. The van der Waals surface area contributed by atoms with Crippen LogP contribution < -0.4 is 0 Å². The Morgan fingerprint density at radius 3 is 2.30 bits per heavy atom. The molecule has 2 fully saturated rings. The summed E-state index contributed by atoms with van der Waals surface area (Å²) in [5, 5.41) is 0. The van der Waals surface area contributed by atoms with Crippen LogP contribution >= 0.6 is 0 Å². The van der Waals surface area contributed by atoms with Gasteiger partial charge in [-0.3, -0.25) is 19.4 Å². The Hall–Kier alpha value is -1.14. The Bertz CT molecular complexity index is 402. The molecule has 1 aliphatic carbocycles. The number of carbonyl (C=O) groups is 2. The summed E-state index contributed by atoms with van der Waals surface area (Å²) in [6.07, 6.45) is 6.08. The van der Waals surface area contributed by atoms with Gasteiger partial charge in [0.15, 0.2) is 0 Å². The molecule has 0 aromatic carbocycles. The van der Waals surface area contributed by atoms with Gasteiger partial charge in [-0.05, 0) is 19.8 Å². The standard InChI is InChI=1S/C17H31N3O3/c1-14(17(22)23-3)20-11-9-19(10-12-20)13-16(21)18(2)15-7-5-4-6-8-15/h14-15H,4-13H2,1-3H3/t14-/m0/s1. The first-order chi connectivity index (χ1) is 11.0. The third kappa shape index (κ3) is 4.91. The number of hydrogen-bond acceptors (Lipinski definition) is 5. The molecule has 2 aliphatic rings. The Kier molecular flexibility index (Phi) is 6.84. The molecule has 2 rings (SSSR count). The number of carbonyl (C=O) groups excluding carboxylic acids is 2. The molecule has 1 saturated carbocycles. The van der Waals surface area contributed by atoms with Crippen molar-refractivity contribution in [3.63, 3.8) is 0 Å². The summed E-state index contributed by atoms with van der Waals surface area (Å²) in [4.78, 5) is 30.4. The first kappa shape index (κ1) is 18.2. The van der Waals surface area contributed by atoms with Crippen molar-refractivity contribution in [2.75, 3.05) is 46.9 Å². The van der Waals surface area contributed by atoms with E-state index in [1.807, 2.05) is 18.9 Å². The molecule has 0 spiro atoms. The lowest BCUT2D eigenvalue weighted by molar-refractivity contribution is -0.147. The number of nitrogens with zero attached hydrogens (tertiary/aromatic N) is 3. The molecule has 1 aliphatic heterocycles. The highest BCUT2D eigenvalue weighted by atomic mass is 16.5. The fraction of sp³-hybridized carbons (Fsp3) is 0.882. The van der Waals surface area contributed by atoms with Crippen LogP contribution in [-0.2, 0) is 14.3 Å². The van der Waals surface area contributed by atoms with E-state index in [1.165, 1.54) is 26.4 Å². The van der Waals surface area contributed by atoms with Gasteiger partial charge in [0.1, 0.15) is 6.04 Å². The van der Waals surface area contributed by atoms with Crippen LogP contribution in [0.1, 0.15) is 39.0 Å². The lowest BCUT2D eigenvalue weighted by atomic mass is 9.94. The fourth-order valence-corrected chi connectivity index (χ4v) is 3.60. The van der Waals surface area contributed by atoms with Crippen LogP contribution in [0.5, 0.6) is 0 Å². The van der Waals surface area contributed by atoms with Gasteiger partial charge < -0.3 is 9.64 Å². The van der Waals surface area contributed by atoms with E-state index in [9.17, 15) is 9.59 Å². The van der Waals surface area contributed by atoms with Crippen molar-refractivity contribution < 1.29 is 14.3 Å². The van der Waals surface area contributed by atoms with Gasteiger partial charge in [-0.25, -0.2) is 0 Å². The van der Waals surface area contributed by atoms with Crippen molar-refractivity contribution in [1.29, 1.82) is 0 Å². The normalized spacial score (nSPS) is 22.6. The Morgan fingerprint density at radius 2 is 1.74 bits per heavy atom. The van der Waals surface area contributed by atoms with E-state index in [1.54, 1.807) is 0 Å². The van der Waals surface area contributed by atoms with Gasteiger partial charge in [0.25, 0.3) is 0 Å². The van der Waals surface area contributed by atoms with Crippen LogP contribution in [0.4, 0.5) is 0 Å². The van der Waals surface area contributed by atoms with Crippen molar-refractivity contribution in [3.05, 3.63) is 0 Å². The number of methoxy groups -OCH3 is 1. The van der Waals surface area contributed by atoms with Crippen LogP contribution in [-0.4, -0.2) is 85.5 Å². The molecule has 132 valence electrons. The van der Waals surface area contributed by atoms with Crippen LogP contribution in [0.3, 0.4) is 0 Å². The van der Waals surface area contributed by atoms with E-state index in [0.29, 0.717) is 12.6 Å². The van der Waals surface area contributed by atoms with Crippen LogP contribution in [0.25, 0.3) is 0 Å². The van der Waals surface area contributed by atoms with Crippen LogP contribution in [0, 0.1) is 0 Å². The first-order valence-corrected chi connectivity index (χ1v) is 8.83. The average Bonchev–Trinajstić information content (AvgIpc) is 2.61. The van der Waals surface area contributed by atoms with E-state index >= 15 is 0 Å². The van der Waals surface area contributed by atoms with E-state index in [2.05, 4.69) is 9.80 Å². The minimum absolute atomic E-state index is 0.188. The second kappa shape index (κ2) is 8.64. The van der Waals surface area contributed by atoms with Crippen molar-refractivity contribution in [1.82, 2.24) is 14.7 Å². The number of ether oxygens (including phenoxy) is 1. The van der Waals surface area contributed by atoms with Gasteiger partial charge in [0, 0.05) is 39.3 Å². The first-order valence-electron chi connectivity index (χ1n) is 8.83. The Balaban J connectivity index is 1.75. The van der Waals surface area contributed by atoms with Crippen LogP contribution in [0.15, 0.2) is 0 Å². The van der Waals surface area contributed by atoms with Gasteiger partial charge in [-0.1, -0.05) is 19.3 Å². The second-order valence-electron chi connectivity index (χ2n) is 6.81. The number of rotatable bonds is 5. The molecular weight excluding hydrogens is 294 g/mol. The molecule has 1 amide bonds. The molecule has 1 atom stereocenters. The van der Waals surface area contributed by atoms with Crippen LogP contribution in [0.2, 0.25) is 0 Å². The van der Waals surface area contributed by atoms with Gasteiger partial charge in [0.2, 0.25) is 5.91 Å². The predicted molar refractivity (Wildman–Crippen MR) is 89.1 cm³/mol. The van der Waals surface area contributed by atoms with E-state index in [0.717, 1.165) is 39.0 Å². The number of likely N-dealkylation sites (N-methyl/N-ethyl adjacent to an activating group) is 1. The van der Waals surface area contributed by atoms with E-state index in [4.69, 9.17) is 4.74 Å². The number of amides is 1. The minimum Gasteiger partial charge on any atom is -0.468 e. The zero-order chi connectivity index (χ0) is 16.8. The number of piperazine rings is 1. The van der Waals surface area contributed by atoms with Crippen molar-refractivity contribution in [2.24, 2.45) is 0 Å². The summed E-state index contributed by atoms with van der Waals surface area (Å²) >= 11 is 0. The second-order valence-corrected chi connectivity index (χ2v) is 6.81. The number of hydrogen-bond donors (Lipinski definition) is 0. The Labute approximate surface area is 139 Å². The van der Waals surface area contributed by atoms with Crippen molar-refractivity contribution in [3.8, 4) is 0 Å². The third-order valence-corrected chi connectivity index (χ3v) is 5.37. The molecule has 1 heterocycles. The lowest BCUT2D eigenvalue weighted by Gasteiger charge is -2.38. The van der Waals surface area contributed by atoms with Crippen molar-refractivity contribution in [2.45, 2.75) is 51.1 Å².